The van der Waals surface area contributed by atoms with Crippen molar-refractivity contribution in [2.45, 2.75) is 214 Å². The van der Waals surface area contributed by atoms with Crippen molar-refractivity contribution in [3.8, 4) is 0 Å². The molecule has 0 aromatic rings. The molecule has 0 aromatic carbocycles. The van der Waals surface area contributed by atoms with Crippen LogP contribution < -0.4 is 56.7 Å². The van der Waals surface area contributed by atoms with Gasteiger partial charge in [0.25, 0.3) is 0 Å². The number of allylic oxidation sites excluding steroid dienone is 3. The predicted molar refractivity (Wildman–Crippen MR) is 212 cm³/mol. The van der Waals surface area contributed by atoms with E-state index in [9.17, 15) is 4.79 Å². The SMILES string of the molecule is CC.CC.CC.CC(=C1CCC1)C(C)(C)CC(C)(C)C1CCC1.CCC(NC(=O)C(C)(C)CC)C(C)(C)C[C-](C)OCC=C1CCC1.[K+]. The summed E-state index contributed by atoms with van der Waals surface area (Å²) in [5.74, 6) is 1.14. The molecule has 0 radical (unpaired) electrons. The summed E-state index contributed by atoms with van der Waals surface area (Å²) in [6.45, 7) is 39.7. The summed E-state index contributed by atoms with van der Waals surface area (Å²) < 4.78 is 5.90. The Balaban J connectivity index is -0.000000741. The van der Waals surface area contributed by atoms with Gasteiger partial charge in [-0.15, -0.1) is 6.42 Å². The van der Waals surface area contributed by atoms with E-state index in [1.54, 1.807) is 11.1 Å². The van der Waals surface area contributed by atoms with Gasteiger partial charge < -0.3 is 10.1 Å². The van der Waals surface area contributed by atoms with Crippen LogP contribution in [0.15, 0.2) is 22.8 Å². The molecule has 0 bridgehead atoms. The van der Waals surface area contributed by atoms with Crippen molar-refractivity contribution in [2.75, 3.05) is 6.61 Å². The third kappa shape index (κ3) is 18.3. The fourth-order valence-corrected chi connectivity index (χ4v) is 6.88. The van der Waals surface area contributed by atoms with Gasteiger partial charge in [0.05, 0.1) is 0 Å². The third-order valence-electron chi connectivity index (χ3n) is 11.2. The van der Waals surface area contributed by atoms with E-state index in [4.69, 9.17) is 4.74 Å². The summed E-state index contributed by atoms with van der Waals surface area (Å²) in [6.07, 6.45) is 19.7. The number of hydrogen-bond acceptors (Lipinski definition) is 2. The maximum Gasteiger partial charge on any atom is 1.00 e. The van der Waals surface area contributed by atoms with Gasteiger partial charge in [-0.1, -0.05) is 140 Å². The van der Waals surface area contributed by atoms with Crippen LogP contribution in [0.2, 0.25) is 0 Å². The monoisotopic (exact) mass is 700 g/mol. The zero-order valence-corrected chi connectivity index (χ0v) is 39.6. The average Bonchev–Trinajstić information content (AvgIpc) is 2.93. The van der Waals surface area contributed by atoms with Crippen molar-refractivity contribution < 1.29 is 60.9 Å². The molecule has 280 valence electrons. The van der Waals surface area contributed by atoms with Crippen molar-refractivity contribution in [1.82, 2.24) is 5.32 Å². The summed E-state index contributed by atoms with van der Waals surface area (Å²) in [5.41, 5.74) is 5.61. The first-order valence-corrected chi connectivity index (χ1v) is 20.1. The van der Waals surface area contributed by atoms with Crippen LogP contribution in [0.4, 0.5) is 0 Å². The van der Waals surface area contributed by atoms with Gasteiger partial charge in [0, 0.05) is 18.1 Å². The van der Waals surface area contributed by atoms with Crippen LogP contribution in [-0.4, -0.2) is 18.6 Å². The number of amides is 1. The second-order valence-electron chi connectivity index (χ2n) is 16.3. The fraction of sp³-hybridized carbons (Fsp3) is 0.864. The first kappa shape index (κ1) is 52.9. The standard InChI is InChI=1S/C21H38NO2.C17H30.3C2H6.K/c1-8-18(22-19(23)20(4,5)9-2)21(6,7)15-16(3)24-14-13-17-11-10-12-17;1-13(14-8-6-9-14)16(2,3)12-17(4,5)15-10-7-11-15;3*1-2;/h13,18H,8-12,14-15H2,1-7H3,(H,22,23);15H,6-12H2,1-5H3;3*1-2H3;/q-1;;;;;+1. The van der Waals surface area contributed by atoms with Crippen LogP contribution in [0.1, 0.15) is 208 Å². The molecule has 3 fully saturated rings. The number of ether oxygens (including phenoxy) is 1. The Hall–Kier alpha value is 0.546. The Bertz CT molecular complexity index is 895. The Morgan fingerprint density at radius 3 is 1.71 bits per heavy atom. The molecule has 1 N–H and O–H groups in total. The van der Waals surface area contributed by atoms with E-state index in [1.807, 2.05) is 55.4 Å². The van der Waals surface area contributed by atoms with Crippen molar-refractivity contribution in [3.63, 3.8) is 0 Å². The number of rotatable bonds is 14. The quantitative estimate of drug-likeness (QED) is 0.111. The third-order valence-corrected chi connectivity index (χ3v) is 11.2. The second-order valence-corrected chi connectivity index (χ2v) is 16.3. The van der Waals surface area contributed by atoms with E-state index in [0.29, 0.717) is 17.4 Å². The molecular weight excluding hydrogens is 614 g/mol. The molecular formula is C44H86KNO2. The molecule has 1 unspecified atom stereocenters. The molecule has 3 saturated carbocycles. The fourth-order valence-electron chi connectivity index (χ4n) is 6.88. The Morgan fingerprint density at radius 1 is 0.854 bits per heavy atom. The maximum atomic E-state index is 12.5. The molecule has 48 heavy (non-hydrogen) atoms. The first-order valence-electron chi connectivity index (χ1n) is 20.1. The van der Waals surface area contributed by atoms with Gasteiger partial charge in [-0.3, -0.25) is 4.79 Å². The topological polar surface area (TPSA) is 38.3 Å². The van der Waals surface area contributed by atoms with Crippen molar-refractivity contribution in [1.29, 1.82) is 0 Å². The molecule has 3 aliphatic carbocycles. The summed E-state index contributed by atoms with van der Waals surface area (Å²) in [5, 5.41) is 3.28. The van der Waals surface area contributed by atoms with E-state index in [2.05, 4.69) is 80.6 Å². The van der Waals surface area contributed by atoms with Crippen LogP contribution >= 0.6 is 0 Å². The zero-order chi connectivity index (χ0) is 37.1. The van der Waals surface area contributed by atoms with E-state index < -0.39 is 0 Å². The molecule has 1 amide bonds. The summed E-state index contributed by atoms with van der Waals surface area (Å²) in [7, 11) is 0. The normalized spacial score (nSPS) is 16.6. The summed E-state index contributed by atoms with van der Waals surface area (Å²) in [4.78, 5) is 12.5. The Kier molecular flexibility index (Phi) is 29.0. The molecule has 3 aliphatic rings. The van der Waals surface area contributed by atoms with E-state index >= 15 is 0 Å². The van der Waals surface area contributed by atoms with Gasteiger partial charge in [0.15, 0.2) is 0 Å². The summed E-state index contributed by atoms with van der Waals surface area (Å²) >= 11 is 0. The number of carbonyl (C=O) groups excluding carboxylic acids is 1. The Labute approximate surface area is 346 Å². The molecule has 0 aliphatic heterocycles. The van der Waals surface area contributed by atoms with Crippen LogP contribution in [0, 0.1) is 33.7 Å². The smallest absolute Gasteiger partial charge is 0.546 e. The minimum absolute atomic E-state index is 0. The zero-order valence-electron chi connectivity index (χ0n) is 36.4. The molecule has 0 heterocycles. The number of nitrogens with one attached hydrogen (secondary N) is 1. The number of hydrogen-bond donors (Lipinski definition) is 1. The minimum atomic E-state index is -0.312. The van der Waals surface area contributed by atoms with Crippen molar-refractivity contribution >= 4 is 5.91 Å². The minimum Gasteiger partial charge on any atom is -0.546 e. The van der Waals surface area contributed by atoms with Gasteiger partial charge in [-0.05, 0) is 99.7 Å². The van der Waals surface area contributed by atoms with Gasteiger partial charge in [-0.2, -0.15) is 13.0 Å². The second kappa shape index (κ2) is 26.3. The maximum absolute atomic E-state index is 12.5. The average molecular weight is 700 g/mol. The van der Waals surface area contributed by atoms with Gasteiger partial charge in [0.2, 0.25) is 5.91 Å². The van der Waals surface area contributed by atoms with Crippen LogP contribution in [-0.2, 0) is 9.53 Å². The van der Waals surface area contributed by atoms with Gasteiger partial charge >= 0.3 is 51.4 Å². The number of carbonyl (C=O) groups is 1. The van der Waals surface area contributed by atoms with Crippen LogP contribution in [0.25, 0.3) is 0 Å². The summed E-state index contributed by atoms with van der Waals surface area (Å²) in [6, 6.07) is 0.152. The van der Waals surface area contributed by atoms with Gasteiger partial charge in [-0.25, -0.2) is 0 Å². The molecule has 3 nitrogen and oxygen atoms in total. The first-order chi connectivity index (χ1) is 21.9. The molecule has 1 atom stereocenters. The van der Waals surface area contributed by atoms with Crippen LogP contribution in [0.5, 0.6) is 0 Å². The van der Waals surface area contributed by atoms with E-state index in [-0.39, 0.29) is 74.2 Å². The Morgan fingerprint density at radius 2 is 1.35 bits per heavy atom. The van der Waals surface area contributed by atoms with Crippen molar-refractivity contribution in [3.05, 3.63) is 28.9 Å². The predicted octanol–water partition coefficient (Wildman–Crippen LogP) is 11.2. The van der Waals surface area contributed by atoms with Gasteiger partial charge in [0.1, 0.15) is 0 Å². The van der Waals surface area contributed by atoms with E-state index in [1.165, 1.54) is 69.8 Å². The van der Waals surface area contributed by atoms with Crippen molar-refractivity contribution in [2.24, 2.45) is 27.6 Å². The molecule has 0 aromatic heterocycles. The van der Waals surface area contributed by atoms with E-state index in [0.717, 1.165) is 31.3 Å². The molecule has 0 spiro atoms. The molecule has 0 saturated heterocycles. The van der Waals surface area contributed by atoms with Crippen LogP contribution in [0.3, 0.4) is 0 Å². The largest absolute Gasteiger partial charge is 1.00 e. The molecule has 3 rings (SSSR count). The molecule has 4 heteroatoms.